The molecule has 138 valence electrons. The van der Waals surface area contributed by atoms with E-state index in [1.54, 1.807) is 30.1 Å². The lowest BCUT2D eigenvalue weighted by molar-refractivity contribution is 0.0724. The topological polar surface area (TPSA) is 60.2 Å². The molecule has 0 spiro atoms. The number of para-hydroxylation sites is 1. The highest BCUT2D eigenvalue weighted by atomic mass is 19.1. The third kappa shape index (κ3) is 3.67. The fourth-order valence-electron chi connectivity index (χ4n) is 3.21. The Bertz CT molecular complexity index is 947. The first-order chi connectivity index (χ1) is 13.1. The van der Waals surface area contributed by atoms with Gasteiger partial charge < -0.3 is 9.64 Å². The highest BCUT2D eigenvalue weighted by Crippen LogP contribution is 2.28. The molecular formula is C20H19FN4O2. The first kappa shape index (κ1) is 17.2. The molecule has 1 aromatic heterocycles. The van der Waals surface area contributed by atoms with Gasteiger partial charge in [-0.2, -0.15) is 0 Å². The minimum absolute atomic E-state index is 0.0789. The summed E-state index contributed by atoms with van der Waals surface area (Å²) in [4.78, 5) is 14.2. The number of benzene rings is 2. The molecule has 6 nitrogen and oxygen atoms in total. The fourth-order valence-corrected chi connectivity index (χ4v) is 3.21. The van der Waals surface area contributed by atoms with Crippen LogP contribution in [0.25, 0.3) is 0 Å². The molecule has 0 aliphatic carbocycles. The molecule has 0 bridgehead atoms. The molecule has 3 aromatic rings. The van der Waals surface area contributed by atoms with Crippen molar-refractivity contribution in [1.82, 2.24) is 19.9 Å². The van der Waals surface area contributed by atoms with Crippen LogP contribution in [0.1, 0.15) is 21.6 Å². The normalized spacial score (nSPS) is 15.3. The van der Waals surface area contributed by atoms with Gasteiger partial charge in [0.1, 0.15) is 17.7 Å². The zero-order valence-electron chi connectivity index (χ0n) is 14.9. The van der Waals surface area contributed by atoms with Crippen LogP contribution in [0.3, 0.4) is 0 Å². The lowest BCUT2D eigenvalue weighted by Gasteiger charge is -2.20. The van der Waals surface area contributed by atoms with E-state index in [-0.39, 0.29) is 30.1 Å². The van der Waals surface area contributed by atoms with Crippen molar-refractivity contribution >= 4 is 5.91 Å². The minimum Gasteiger partial charge on any atom is -0.488 e. The molecule has 0 fully saturated rings. The molecule has 1 aliphatic heterocycles. The van der Waals surface area contributed by atoms with Crippen LogP contribution in [0.2, 0.25) is 0 Å². The number of carbonyl (C=O) groups excluding carboxylic acids is 1. The van der Waals surface area contributed by atoms with E-state index in [0.29, 0.717) is 12.1 Å². The van der Waals surface area contributed by atoms with Crippen molar-refractivity contribution in [3.63, 3.8) is 0 Å². The Balaban J connectivity index is 1.38. The molecule has 27 heavy (non-hydrogen) atoms. The van der Waals surface area contributed by atoms with Gasteiger partial charge >= 0.3 is 0 Å². The summed E-state index contributed by atoms with van der Waals surface area (Å²) in [5, 5.41) is 7.88. The first-order valence-corrected chi connectivity index (χ1v) is 8.73. The van der Waals surface area contributed by atoms with Crippen LogP contribution in [0.15, 0.2) is 54.7 Å². The smallest absolute Gasteiger partial charge is 0.275 e. The van der Waals surface area contributed by atoms with Crippen LogP contribution in [-0.4, -0.2) is 45.5 Å². The Morgan fingerprint density at radius 1 is 1.26 bits per heavy atom. The highest BCUT2D eigenvalue weighted by molar-refractivity contribution is 5.91. The van der Waals surface area contributed by atoms with Gasteiger partial charge in [-0.05, 0) is 17.7 Å². The number of fused-ring (bicyclic) bond motifs is 1. The number of hydrogen-bond donors (Lipinski definition) is 0. The van der Waals surface area contributed by atoms with E-state index in [4.69, 9.17) is 4.74 Å². The predicted octanol–water partition coefficient (Wildman–Crippen LogP) is 2.54. The molecular weight excluding hydrogens is 347 g/mol. The van der Waals surface area contributed by atoms with Gasteiger partial charge in [-0.1, -0.05) is 41.6 Å². The number of rotatable bonds is 5. The molecule has 1 unspecified atom stereocenters. The van der Waals surface area contributed by atoms with Gasteiger partial charge in [-0.3, -0.25) is 4.79 Å². The van der Waals surface area contributed by atoms with Crippen molar-refractivity contribution in [2.24, 2.45) is 0 Å². The van der Waals surface area contributed by atoms with Gasteiger partial charge in [-0.25, -0.2) is 9.07 Å². The Labute approximate surface area is 156 Å². The molecule has 2 aromatic carbocycles. The summed E-state index contributed by atoms with van der Waals surface area (Å²) >= 11 is 0. The number of carbonyl (C=O) groups is 1. The number of amides is 1. The molecule has 0 saturated heterocycles. The average Bonchev–Trinajstić information content (AvgIpc) is 3.29. The predicted molar refractivity (Wildman–Crippen MR) is 97.0 cm³/mol. The zero-order chi connectivity index (χ0) is 18.8. The lowest BCUT2D eigenvalue weighted by atomic mass is 10.1. The molecule has 7 heteroatoms. The number of halogens is 1. The Hall–Kier alpha value is -3.22. The van der Waals surface area contributed by atoms with Crippen LogP contribution in [0.5, 0.6) is 5.75 Å². The van der Waals surface area contributed by atoms with Gasteiger partial charge in [0, 0.05) is 19.0 Å². The summed E-state index contributed by atoms with van der Waals surface area (Å²) in [5.74, 6) is 0.324. The number of ether oxygens (including phenoxy) is 1. The van der Waals surface area contributed by atoms with E-state index < -0.39 is 0 Å². The second kappa shape index (κ2) is 7.19. The van der Waals surface area contributed by atoms with E-state index in [2.05, 4.69) is 10.3 Å². The van der Waals surface area contributed by atoms with E-state index in [1.165, 1.54) is 16.9 Å². The highest BCUT2D eigenvalue weighted by Gasteiger charge is 2.26. The number of hydrogen-bond acceptors (Lipinski definition) is 4. The van der Waals surface area contributed by atoms with Gasteiger partial charge in [0.15, 0.2) is 5.69 Å². The van der Waals surface area contributed by atoms with Gasteiger partial charge in [0.25, 0.3) is 5.91 Å². The summed E-state index contributed by atoms with van der Waals surface area (Å²) in [6.07, 6.45) is 2.23. The molecule has 4 rings (SSSR count). The SMILES string of the molecule is CN(CC1Cc2ccccc2O1)C(=O)c1cn(Cc2ccccc2F)nn1. The third-order valence-corrected chi connectivity index (χ3v) is 4.59. The molecule has 0 radical (unpaired) electrons. The maximum Gasteiger partial charge on any atom is 0.275 e. The van der Waals surface area contributed by atoms with E-state index >= 15 is 0 Å². The van der Waals surface area contributed by atoms with E-state index in [0.717, 1.165) is 17.7 Å². The lowest BCUT2D eigenvalue weighted by Crippen LogP contribution is -2.36. The van der Waals surface area contributed by atoms with Gasteiger partial charge in [0.2, 0.25) is 0 Å². The van der Waals surface area contributed by atoms with Crippen LogP contribution in [-0.2, 0) is 13.0 Å². The zero-order valence-corrected chi connectivity index (χ0v) is 14.9. The van der Waals surface area contributed by atoms with Crippen molar-refractivity contribution in [1.29, 1.82) is 0 Å². The maximum absolute atomic E-state index is 13.8. The molecule has 0 N–H and O–H groups in total. The van der Waals surface area contributed by atoms with Crippen molar-refractivity contribution < 1.29 is 13.9 Å². The monoisotopic (exact) mass is 366 g/mol. The second-order valence-corrected chi connectivity index (χ2v) is 6.63. The van der Waals surface area contributed by atoms with Crippen LogP contribution in [0.4, 0.5) is 4.39 Å². The Morgan fingerprint density at radius 2 is 2.04 bits per heavy atom. The molecule has 0 saturated carbocycles. The molecule has 1 amide bonds. The van der Waals surface area contributed by atoms with Crippen molar-refractivity contribution in [2.45, 2.75) is 19.1 Å². The van der Waals surface area contributed by atoms with Gasteiger partial charge in [-0.15, -0.1) is 5.10 Å². The van der Waals surface area contributed by atoms with Crippen LogP contribution < -0.4 is 4.74 Å². The number of nitrogens with zero attached hydrogens (tertiary/aromatic N) is 4. The van der Waals surface area contributed by atoms with Crippen molar-refractivity contribution in [3.8, 4) is 5.75 Å². The Kier molecular flexibility index (Phi) is 4.58. The minimum atomic E-state index is -0.309. The fraction of sp³-hybridized carbons (Fsp3) is 0.250. The average molecular weight is 366 g/mol. The summed E-state index contributed by atoms with van der Waals surface area (Å²) in [6.45, 7) is 0.672. The molecule has 1 atom stereocenters. The van der Waals surface area contributed by atoms with Crippen LogP contribution in [0, 0.1) is 5.82 Å². The van der Waals surface area contributed by atoms with Crippen molar-refractivity contribution in [3.05, 3.63) is 77.4 Å². The summed E-state index contributed by atoms with van der Waals surface area (Å²) in [6, 6.07) is 14.3. The summed E-state index contributed by atoms with van der Waals surface area (Å²) in [7, 11) is 1.71. The van der Waals surface area contributed by atoms with Crippen LogP contribution >= 0.6 is 0 Å². The molecule has 2 heterocycles. The van der Waals surface area contributed by atoms with Gasteiger partial charge in [0.05, 0.1) is 19.3 Å². The number of likely N-dealkylation sites (N-methyl/N-ethyl adjacent to an activating group) is 1. The van der Waals surface area contributed by atoms with Crippen molar-refractivity contribution in [2.75, 3.05) is 13.6 Å². The first-order valence-electron chi connectivity index (χ1n) is 8.73. The second-order valence-electron chi connectivity index (χ2n) is 6.63. The van der Waals surface area contributed by atoms with E-state index in [1.807, 2.05) is 24.3 Å². The third-order valence-electron chi connectivity index (χ3n) is 4.59. The quantitative estimate of drug-likeness (QED) is 0.696. The molecule has 1 aliphatic rings. The summed E-state index contributed by atoms with van der Waals surface area (Å²) < 4.78 is 21.1. The van der Waals surface area contributed by atoms with E-state index in [9.17, 15) is 9.18 Å². The standard InChI is InChI=1S/C20H19FN4O2/c1-24(12-16-10-14-6-3-5-9-19(14)27-16)20(26)18-13-25(23-22-18)11-15-7-2-4-8-17(15)21/h2-9,13,16H,10-12H2,1H3. The largest absolute Gasteiger partial charge is 0.488 e. The summed E-state index contributed by atoms with van der Waals surface area (Å²) in [5.41, 5.74) is 1.87. The number of aromatic nitrogens is 3. The maximum atomic E-state index is 13.8. The Morgan fingerprint density at radius 3 is 2.85 bits per heavy atom.